The Balaban J connectivity index is 3.13. The molecule has 0 radical (unpaired) electrons. The predicted octanol–water partition coefficient (Wildman–Crippen LogP) is 1.47. The molecule has 0 atom stereocenters. The molecule has 0 heterocycles. The lowest BCUT2D eigenvalue weighted by Crippen LogP contribution is -2.01. The highest BCUT2D eigenvalue weighted by Crippen LogP contribution is 2.19. The van der Waals surface area contributed by atoms with E-state index in [9.17, 15) is 4.79 Å². The van der Waals surface area contributed by atoms with Crippen molar-refractivity contribution in [2.45, 2.75) is 4.90 Å². The third kappa shape index (κ3) is 1.71. The van der Waals surface area contributed by atoms with Crippen molar-refractivity contribution >= 4 is 18.6 Å². The molecule has 0 aliphatic heterocycles. The van der Waals surface area contributed by atoms with E-state index in [1.54, 1.807) is 0 Å². The van der Waals surface area contributed by atoms with Gasteiger partial charge in [-0.25, -0.2) is 4.79 Å². The molecule has 0 unspecified atom stereocenters. The molecule has 0 amide bonds. The number of benzene rings is 1. The molecule has 1 N–H and O–H groups in total. The fraction of sp³-hybridized carbons (Fsp3) is 0.125. The van der Waals surface area contributed by atoms with Crippen molar-refractivity contribution in [2.75, 3.05) is 7.11 Å². The second kappa shape index (κ2) is 3.49. The SMILES string of the molecule is COC(=O)c1cc(O)ccc1S. The van der Waals surface area contributed by atoms with Gasteiger partial charge in [0.2, 0.25) is 0 Å². The standard InChI is InChI=1S/C8H8O3S/c1-11-8(10)6-4-5(9)2-3-7(6)12/h2-4,9,12H,1H3. The molecule has 0 fully saturated rings. The maximum Gasteiger partial charge on any atom is 0.339 e. The summed E-state index contributed by atoms with van der Waals surface area (Å²) in [5.41, 5.74) is 0.265. The van der Waals surface area contributed by atoms with Gasteiger partial charge in [0, 0.05) is 4.90 Å². The van der Waals surface area contributed by atoms with Gasteiger partial charge in [0.25, 0.3) is 0 Å². The maximum absolute atomic E-state index is 11.0. The number of aromatic hydroxyl groups is 1. The van der Waals surface area contributed by atoms with E-state index in [1.807, 2.05) is 0 Å². The number of thiol groups is 1. The normalized spacial score (nSPS) is 9.50. The average molecular weight is 184 g/mol. The van der Waals surface area contributed by atoms with Gasteiger partial charge in [-0.2, -0.15) is 0 Å². The van der Waals surface area contributed by atoms with Crippen LogP contribution in [0.2, 0.25) is 0 Å². The molecule has 0 saturated heterocycles. The summed E-state index contributed by atoms with van der Waals surface area (Å²) in [7, 11) is 1.28. The molecule has 0 aliphatic carbocycles. The Morgan fingerprint density at radius 1 is 1.58 bits per heavy atom. The van der Waals surface area contributed by atoms with Crippen molar-refractivity contribution in [1.29, 1.82) is 0 Å². The fourth-order valence-corrected chi connectivity index (χ4v) is 1.03. The first-order chi connectivity index (χ1) is 5.65. The molecule has 1 aromatic rings. The molecule has 64 valence electrons. The van der Waals surface area contributed by atoms with E-state index in [2.05, 4.69) is 17.4 Å². The molecule has 0 bridgehead atoms. The topological polar surface area (TPSA) is 46.5 Å². The summed E-state index contributed by atoms with van der Waals surface area (Å²) in [6.07, 6.45) is 0. The van der Waals surface area contributed by atoms with Crippen LogP contribution in [0.4, 0.5) is 0 Å². The predicted molar refractivity (Wildman–Crippen MR) is 46.7 cm³/mol. The van der Waals surface area contributed by atoms with Crippen LogP contribution >= 0.6 is 12.6 Å². The van der Waals surface area contributed by atoms with Crippen molar-refractivity contribution in [3.8, 4) is 5.75 Å². The lowest BCUT2D eigenvalue weighted by Gasteiger charge is -2.02. The minimum absolute atomic E-state index is 0.0215. The van der Waals surface area contributed by atoms with Crippen molar-refractivity contribution < 1.29 is 14.6 Å². The number of rotatable bonds is 1. The minimum Gasteiger partial charge on any atom is -0.508 e. The number of carbonyl (C=O) groups is 1. The Bertz CT molecular complexity index is 309. The van der Waals surface area contributed by atoms with Gasteiger partial charge in [-0.1, -0.05) is 0 Å². The summed E-state index contributed by atoms with van der Waals surface area (Å²) < 4.78 is 4.47. The quantitative estimate of drug-likeness (QED) is 0.513. The molecule has 0 aromatic heterocycles. The Hall–Kier alpha value is -1.16. The lowest BCUT2D eigenvalue weighted by atomic mass is 10.2. The molecule has 0 aliphatic rings. The van der Waals surface area contributed by atoms with Crippen LogP contribution in [0.25, 0.3) is 0 Å². The van der Waals surface area contributed by atoms with Gasteiger partial charge in [-0.15, -0.1) is 12.6 Å². The number of phenolic OH excluding ortho intramolecular Hbond substituents is 1. The van der Waals surface area contributed by atoms with E-state index < -0.39 is 5.97 Å². The number of esters is 1. The second-order valence-electron chi connectivity index (χ2n) is 2.19. The summed E-state index contributed by atoms with van der Waals surface area (Å²) in [5, 5.41) is 9.04. The maximum atomic E-state index is 11.0. The number of hydrogen-bond donors (Lipinski definition) is 2. The second-order valence-corrected chi connectivity index (χ2v) is 2.67. The van der Waals surface area contributed by atoms with E-state index in [0.717, 1.165) is 0 Å². The van der Waals surface area contributed by atoms with Crippen molar-refractivity contribution in [3.05, 3.63) is 23.8 Å². The summed E-state index contributed by atoms with van der Waals surface area (Å²) in [6.45, 7) is 0. The molecule has 1 aromatic carbocycles. The monoisotopic (exact) mass is 184 g/mol. The summed E-state index contributed by atoms with van der Waals surface area (Å²) in [4.78, 5) is 11.5. The average Bonchev–Trinajstić information content (AvgIpc) is 2.08. The van der Waals surface area contributed by atoms with Gasteiger partial charge in [-0.3, -0.25) is 0 Å². The lowest BCUT2D eigenvalue weighted by molar-refractivity contribution is 0.0596. The summed E-state index contributed by atoms with van der Waals surface area (Å²) in [5.74, 6) is -0.482. The van der Waals surface area contributed by atoms with Crippen molar-refractivity contribution in [3.63, 3.8) is 0 Å². The largest absolute Gasteiger partial charge is 0.508 e. The fourth-order valence-electron chi connectivity index (χ4n) is 0.797. The van der Waals surface area contributed by atoms with E-state index in [-0.39, 0.29) is 11.3 Å². The number of hydrogen-bond acceptors (Lipinski definition) is 4. The Morgan fingerprint density at radius 2 is 2.25 bits per heavy atom. The molecule has 4 heteroatoms. The highest BCUT2D eigenvalue weighted by atomic mass is 32.1. The highest BCUT2D eigenvalue weighted by molar-refractivity contribution is 7.80. The first kappa shape index (κ1) is 8.93. The van der Waals surface area contributed by atoms with Gasteiger partial charge in [0.1, 0.15) is 5.75 Å². The van der Waals surface area contributed by atoms with Gasteiger partial charge in [0.15, 0.2) is 0 Å². The third-order valence-corrected chi connectivity index (χ3v) is 1.78. The Kier molecular flexibility index (Phi) is 2.60. The van der Waals surface area contributed by atoms with Gasteiger partial charge in [0.05, 0.1) is 12.7 Å². The van der Waals surface area contributed by atoms with Crippen LogP contribution in [0.3, 0.4) is 0 Å². The zero-order valence-electron chi connectivity index (χ0n) is 6.44. The van der Waals surface area contributed by atoms with Crippen molar-refractivity contribution in [1.82, 2.24) is 0 Å². The van der Waals surface area contributed by atoms with Crippen LogP contribution in [0.15, 0.2) is 23.1 Å². The highest BCUT2D eigenvalue weighted by Gasteiger charge is 2.09. The first-order valence-electron chi connectivity index (χ1n) is 3.25. The molecular weight excluding hydrogens is 176 g/mol. The molecule has 12 heavy (non-hydrogen) atoms. The van der Waals surface area contributed by atoms with Crippen LogP contribution < -0.4 is 0 Å². The number of phenols is 1. The van der Waals surface area contributed by atoms with Crippen LogP contribution in [0, 0.1) is 0 Å². The Labute approximate surface area is 75.4 Å². The molecule has 1 rings (SSSR count). The van der Waals surface area contributed by atoms with Crippen LogP contribution in [0.5, 0.6) is 5.75 Å². The first-order valence-corrected chi connectivity index (χ1v) is 3.70. The number of methoxy groups -OCH3 is 1. The summed E-state index contributed by atoms with van der Waals surface area (Å²) in [6, 6.07) is 4.30. The van der Waals surface area contributed by atoms with Gasteiger partial charge in [-0.05, 0) is 18.2 Å². The number of carbonyl (C=O) groups excluding carboxylic acids is 1. The smallest absolute Gasteiger partial charge is 0.339 e. The van der Waals surface area contributed by atoms with Crippen LogP contribution in [-0.2, 0) is 4.74 Å². The van der Waals surface area contributed by atoms with Crippen molar-refractivity contribution in [2.24, 2.45) is 0 Å². The minimum atomic E-state index is -0.504. The van der Waals surface area contributed by atoms with E-state index in [0.29, 0.717) is 4.90 Å². The zero-order valence-corrected chi connectivity index (χ0v) is 7.34. The van der Waals surface area contributed by atoms with E-state index in [1.165, 1.54) is 25.3 Å². The molecule has 0 spiro atoms. The van der Waals surface area contributed by atoms with E-state index >= 15 is 0 Å². The molecule has 0 saturated carbocycles. The van der Waals surface area contributed by atoms with Crippen LogP contribution in [-0.4, -0.2) is 18.2 Å². The Morgan fingerprint density at radius 3 is 2.83 bits per heavy atom. The van der Waals surface area contributed by atoms with Crippen LogP contribution in [0.1, 0.15) is 10.4 Å². The number of ether oxygens (including phenoxy) is 1. The summed E-state index contributed by atoms with van der Waals surface area (Å²) >= 11 is 4.03. The molecular formula is C8H8O3S. The van der Waals surface area contributed by atoms with E-state index in [4.69, 9.17) is 5.11 Å². The molecule has 3 nitrogen and oxygen atoms in total. The zero-order chi connectivity index (χ0) is 9.14. The van der Waals surface area contributed by atoms with Gasteiger partial charge < -0.3 is 9.84 Å². The van der Waals surface area contributed by atoms with Gasteiger partial charge >= 0.3 is 5.97 Å². The third-order valence-electron chi connectivity index (χ3n) is 1.39.